The first-order valence-corrected chi connectivity index (χ1v) is 10.0. The molecule has 3 aromatic rings. The molecule has 2 aromatic heterocycles. The number of pyridine rings is 1. The van der Waals surface area contributed by atoms with Gasteiger partial charge in [0.15, 0.2) is 0 Å². The molecular formula is C17H17N3O2S2. The van der Waals surface area contributed by atoms with Gasteiger partial charge in [0.05, 0.1) is 11.4 Å². The van der Waals surface area contributed by atoms with Crippen LogP contribution in [0.4, 0.5) is 0 Å². The molecule has 7 heteroatoms. The van der Waals surface area contributed by atoms with Gasteiger partial charge in [0.25, 0.3) is 0 Å². The second-order valence-electron chi connectivity index (χ2n) is 5.27. The molecular weight excluding hydrogens is 342 g/mol. The van der Waals surface area contributed by atoms with Crippen molar-refractivity contribution in [2.24, 2.45) is 0 Å². The van der Waals surface area contributed by atoms with Gasteiger partial charge in [-0.1, -0.05) is 30.3 Å². The van der Waals surface area contributed by atoms with Gasteiger partial charge in [-0.05, 0) is 17.7 Å². The summed E-state index contributed by atoms with van der Waals surface area (Å²) < 4.78 is 26.8. The Balaban J connectivity index is 1.54. The summed E-state index contributed by atoms with van der Waals surface area (Å²) in [5, 5.41) is 2.88. The van der Waals surface area contributed by atoms with E-state index in [0.29, 0.717) is 13.0 Å². The molecule has 24 heavy (non-hydrogen) atoms. The quantitative estimate of drug-likeness (QED) is 0.704. The summed E-state index contributed by atoms with van der Waals surface area (Å²) in [5.41, 5.74) is 2.68. The Bertz CT molecular complexity index is 878. The first kappa shape index (κ1) is 16.8. The summed E-state index contributed by atoms with van der Waals surface area (Å²) in [5.74, 6) is -0.00677. The van der Waals surface area contributed by atoms with Crippen LogP contribution in [0.3, 0.4) is 0 Å². The van der Waals surface area contributed by atoms with Crippen molar-refractivity contribution in [1.29, 1.82) is 0 Å². The molecule has 0 aliphatic rings. The van der Waals surface area contributed by atoms with Crippen molar-refractivity contribution in [3.63, 3.8) is 0 Å². The van der Waals surface area contributed by atoms with Gasteiger partial charge in [0.2, 0.25) is 10.0 Å². The number of thiazole rings is 1. The van der Waals surface area contributed by atoms with Crippen molar-refractivity contribution in [2.75, 3.05) is 6.54 Å². The van der Waals surface area contributed by atoms with E-state index in [2.05, 4.69) is 14.7 Å². The Morgan fingerprint density at radius 3 is 2.54 bits per heavy atom. The average Bonchev–Trinajstić information content (AvgIpc) is 3.05. The van der Waals surface area contributed by atoms with E-state index in [-0.39, 0.29) is 5.75 Å². The fraction of sp³-hybridized carbons (Fsp3) is 0.176. The lowest BCUT2D eigenvalue weighted by molar-refractivity contribution is 0.580. The highest BCUT2D eigenvalue weighted by Gasteiger charge is 2.11. The summed E-state index contributed by atoms with van der Waals surface area (Å²) in [6.07, 6.45) is 4.03. The maximum atomic E-state index is 12.1. The summed E-state index contributed by atoms with van der Waals surface area (Å²) in [6.45, 7) is 0.342. The first-order chi connectivity index (χ1) is 11.6. The molecule has 0 amide bonds. The van der Waals surface area contributed by atoms with Gasteiger partial charge in [0.1, 0.15) is 5.01 Å². The number of hydrogen-bond acceptors (Lipinski definition) is 5. The Kier molecular flexibility index (Phi) is 5.34. The minimum Gasteiger partial charge on any atom is -0.265 e. The van der Waals surface area contributed by atoms with Crippen molar-refractivity contribution >= 4 is 21.4 Å². The molecule has 3 rings (SSSR count). The number of rotatable bonds is 7. The van der Waals surface area contributed by atoms with Crippen LogP contribution >= 0.6 is 11.3 Å². The van der Waals surface area contributed by atoms with Crippen LogP contribution in [0, 0.1) is 0 Å². The normalized spacial score (nSPS) is 11.5. The zero-order chi connectivity index (χ0) is 16.8. The van der Waals surface area contributed by atoms with Crippen LogP contribution in [0.2, 0.25) is 0 Å². The maximum Gasteiger partial charge on any atom is 0.215 e. The molecule has 2 heterocycles. The van der Waals surface area contributed by atoms with Gasteiger partial charge in [-0.3, -0.25) is 4.98 Å². The lowest BCUT2D eigenvalue weighted by Crippen LogP contribution is -2.27. The van der Waals surface area contributed by atoms with Crippen molar-refractivity contribution < 1.29 is 8.42 Å². The highest BCUT2D eigenvalue weighted by atomic mass is 32.2. The zero-order valence-corrected chi connectivity index (χ0v) is 14.6. The first-order valence-electron chi connectivity index (χ1n) is 7.48. The fourth-order valence-electron chi connectivity index (χ4n) is 2.23. The van der Waals surface area contributed by atoms with Crippen LogP contribution in [0.5, 0.6) is 0 Å². The van der Waals surface area contributed by atoms with E-state index in [1.54, 1.807) is 35.9 Å². The van der Waals surface area contributed by atoms with Crippen LogP contribution in [0.1, 0.15) is 11.3 Å². The van der Waals surface area contributed by atoms with Crippen molar-refractivity contribution in [3.05, 3.63) is 71.5 Å². The van der Waals surface area contributed by atoms with Crippen LogP contribution in [-0.2, 0) is 22.2 Å². The topological polar surface area (TPSA) is 72.0 Å². The maximum absolute atomic E-state index is 12.1. The third-order valence-corrected chi connectivity index (χ3v) is 5.68. The smallest absolute Gasteiger partial charge is 0.215 e. The number of nitrogens with zero attached hydrogens (tertiary/aromatic N) is 2. The van der Waals surface area contributed by atoms with Crippen LogP contribution in [0.15, 0.2) is 60.2 Å². The van der Waals surface area contributed by atoms with E-state index in [0.717, 1.165) is 21.8 Å². The molecule has 1 N–H and O–H groups in total. The molecule has 0 saturated carbocycles. The van der Waals surface area contributed by atoms with Crippen LogP contribution in [0.25, 0.3) is 10.6 Å². The highest BCUT2D eigenvalue weighted by Crippen LogP contribution is 2.22. The monoisotopic (exact) mass is 359 g/mol. The summed E-state index contributed by atoms with van der Waals surface area (Å²) in [7, 11) is -3.33. The van der Waals surface area contributed by atoms with E-state index in [1.807, 2.05) is 35.7 Å². The van der Waals surface area contributed by atoms with Gasteiger partial charge in [-0.2, -0.15) is 0 Å². The van der Waals surface area contributed by atoms with Gasteiger partial charge >= 0.3 is 0 Å². The molecule has 0 aliphatic heterocycles. The molecule has 0 saturated heterocycles. The SMILES string of the molecule is O=S(=O)(Cc1ccccc1)NCCc1csc(-c2ccncc2)n1. The molecule has 0 bridgehead atoms. The average molecular weight is 359 g/mol. The molecule has 0 radical (unpaired) electrons. The standard InChI is InChI=1S/C17H17N3O2S2/c21-24(22,13-14-4-2-1-3-5-14)19-11-8-16-12-23-17(20-16)15-6-9-18-10-7-15/h1-7,9-10,12,19H,8,11,13H2. The summed E-state index contributed by atoms with van der Waals surface area (Å²) in [6, 6.07) is 13.0. The zero-order valence-electron chi connectivity index (χ0n) is 12.9. The molecule has 0 atom stereocenters. The minimum absolute atomic E-state index is 0.00677. The van der Waals surface area contributed by atoms with Crippen LogP contribution < -0.4 is 4.72 Å². The summed E-state index contributed by atoms with van der Waals surface area (Å²) >= 11 is 1.55. The third-order valence-electron chi connectivity index (χ3n) is 3.38. The second kappa shape index (κ2) is 7.65. The Hall–Kier alpha value is -2.09. The molecule has 5 nitrogen and oxygen atoms in total. The van der Waals surface area contributed by atoms with E-state index in [1.165, 1.54) is 0 Å². The van der Waals surface area contributed by atoms with Crippen molar-refractivity contribution in [1.82, 2.24) is 14.7 Å². The molecule has 0 fully saturated rings. The number of aromatic nitrogens is 2. The number of hydrogen-bond donors (Lipinski definition) is 1. The predicted octanol–water partition coefficient (Wildman–Crippen LogP) is 2.87. The molecule has 0 unspecified atom stereocenters. The van der Waals surface area contributed by atoms with Gasteiger partial charge < -0.3 is 0 Å². The number of nitrogens with one attached hydrogen (secondary N) is 1. The molecule has 1 aromatic carbocycles. The summed E-state index contributed by atoms with van der Waals surface area (Å²) in [4.78, 5) is 8.53. The van der Waals surface area contributed by atoms with E-state index in [9.17, 15) is 8.42 Å². The highest BCUT2D eigenvalue weighted by molar-refractivity contribution is 7.88. The van der Waals surface area contributed by atoms with Crippen molar-refractivity contribution in [3.8, 4) is 10.6 Å². The van der Waals surface area contributed by atoms with E-state index < -0.39 is 10.0 Å². The van der Waals surface area contributed by atoms with E-state index in [4.69, 9.17) is 0 Å². The predicted molar refractivity (Wildman–Crippen MR) is 96.1 cm³/mol. The van der Waals surface area contributed by atoms with Crippen LogP contribution in [-0.4, -0.2) is 24.9 Å². The second-order valence-corrected chi connectivity index (χ2v) is 7.93. The fourth-order valence-corrected chi connectivity index (χ4v) is 4.23. The van der Waals surface area contributed by atoms with Gasteiger partial charge in [0, 0.05) is 36.3 Å². The lowest BCUT2D eigenvalue weighted by atomic mass is 10.2. The van der Waals surface area contributed by atoms with Gasteiger partial charge in [-0.15, -0.1) is 11.3 Å². The Morgan fingerprint density at radius 2 is 1.79 bits per heavy atom. The largest absolute Gasteiger partial charge is 0.265 e. The molecule has 0 spiro atoms. The van der Waals surface area contributed by atoms with Crippen molar-refractivity contribution in [2.45, 2.75) is 12.2 Å². The minimum atomic E-state index is -3.33. The Morgan fingerprint density at radius 1 is 1.04 bits per heavy atom. The molecule has 0 aliphatic carbocycles. The Labute approximate surface area is 145 Å². The van der Waals surface area contributed by atoms with E-state index >= 15 is 0 Å². The molecule has 124 valence electrons. The third kappa shape index (κ3) is 4.70. The lowest BCUT2D eigenvalue weighted by Gasteiger charge is -2.05. The van der Waals surface area contributed by atoms with Gasteiger partial charge in [-0.25, -0.2) is 18.1 Å². The number of sulfonamides is 1. The number of benzene rings is 1.